The lowest BCUT2D eigenvalue weighted by molar-refractivity contribution is -0.122. The normalized spacial score (nSPS) is 24.3. The summed E-state index contributed by atoms with van der Waals surface area (Å²) in [5.74, 6) is -3.29. The van der Waals surface area contributed by atoms with E-state index in [0.29, 0.717) is 30.5 Å². The highest BCUT2D eigenvalue weighted by Gasteiger charge is 2.57. The Morgan fingerprint density at radius 3 is 2.62 bits per heavy atom. The van der Waals surface area contributed by atoms with Gasteiger partial charge in [0.25, 0.3) is 0 Å². The standard InChI is InChI=1S/C31H36B2FNO7/c1-3-6-20-15-23-29(31(38)35(30(23)37)22-8-5-7-21(16-22)33(40)41)24-17-32(39)42-27(28(20)24)12-10-18(4-2)13-19-9-11-26(36)25(34)14-19/h5,7-9,11,13-14,16,23-24,27,29,36,39-41H,3-4,6,10,12,15,17H2,1-2H3/b18-13+/t23-,24+,27-,29-/m1/s1. The van der Waals surface area contributed by atoms with Gasteiger partial charge in [-0.15, -0.1) is 0 Å². The number of phenols is 1. The maximum atomic E-state index is 13.9. The average molecular weight is 575 g/mol. The number of nitrogens with zero attached hydrogens (tertiary/aromatic N) is 1. The van der Waals surface area contributed by atoms with Crippen molar-refractivity contribution in [2.24, 2.45) is 17.8 Å². The molecule has 220 valence electrons. The van der Waals surface area contributed by atoms with E-state index in [1.54, 1.807) is 18.2 Å². The minimum absolute atomic E-state index is 0.185. The van der Waals surface area contributed by atoms with Crippen molar-refractivity contribution in [2.45, 2.75) is 64.8 Å². The predicted octanol–water partition coefficient (Wildman–Crippen LogP) is 3.59. The third kappa shape index (κ3) is 5.83. The van der Waals surface area contributed by atoms with Crippen LogP contribution >= 0.6 is 0 Å². The van der Waals surface area contributed by atoms with Crippen molar-refractivity contribution >= 4 is 43.3 Å². The van der Waals surface area contributed by atoms with Crippen molar-refractivity contribution in [1.82, 2.24) is 0 Å². The van der Waals surface area contributed by atoms with Crippen LogP contribution in [-0.2, 0) is 14.2 Å². The molecular weight excluding hydrogens is 539 g/mol. The molecule has 2 amide bonds. The van der Waals surface area contributed by atoms with Crippen LogP contribution in [0.15, 0.2) is 59.2 Å². The summed E-state index contributed by atoms with van der Waals surface area (Å²) in [4.78, 5) is 28.8. The number of carbonyl (C=O) groups excluding carboxylic acids is 2. The summed E-state index contributed by atoms with van der Waals surface area (Å²) in [6.45, 7) is 4.08. The van der Waals surface area contributed by atoms with Gasteiger partial charge in [-0.1, -0.05) is 55.7 Å². The Morgan fingerprint density at radius 2 is 1.93 bits per heavy atom. The topological polar surface area (TPSA) is 128 Å². The van der Waals surface area contributed by atoms with Gasteiger partial charge in [-0.25, -0.2) is 4.39 Å². The zero-order chi connectivity index (χ0) is 30.1. The third-order valence-corrected chi connectivity index (χ3v) is 8.81. The van der Waals surface area contributed by atoms with Crippen LogP contribution in [0.4, 0.5) is 10.1 Å². The Kier molecular flexibility index (Phi) is 9.03. The zero-order valence-corrected chi connectivity index (χ0v) is 23.9. The largest absolute Gasteiger partial charge is 0.505 e. The Bertz CT molecular complexity index is 1430. The van der Waals surface area contributed by atoms with Gasteiger partial charge in [-0.2, -0.15) is 0 Å². The Hall–Kier alpha value is -3.24. The molecule has 42 heavy (non-hydrogen) atoms. The molecule has 5 rings (SSSR count). The van der Waals surface area contributed by atoms with Gasteiger partial charge >= 0.3 is 14.2 Å². The van der Waals surface area contributed by atoms with Crippen molar-refractivity contribution in [1.29, 1.82) is 0 Å². The maximum absolute atomic E-state index is 13.9. The van der Waals surface area contributed by atoms with Crippen LogP contribution in [0.5, 0.6) is 5.75 Å². The summed E-state index contributed by atoms with van der Waals surface area (Å²) in [6, 6.07) is 10.4. The highest BCUT2D eigenvalue weighted by Crippen LogP contribution is 2.52. The smallest absolute Gasteiger partial charge is 0.488 e. The van der Waals surface area contributed by atoms with Crippen molar-refractivity contribution in [3.05, 3.63) is 70.6 Å². The van der Waals surface area contributed by atoms with E-state index in [1.807, 2.05) is 13.0 Å². The summed E-state index contributed by atoms with van der Waals surface area (Å²) >= 11 is 0. The maximum Gasteiger partial charge on any atom is 0.488 e. The molecule has 2 aromatic carbocycles. The van der Waals surface area contributed by atoms with Crippen LogP contribution in [0.2, 0.25) is 6.32 Å². The molecule has 2 heterocycles. The summed E-state index contributed by atoms with van der Waals surface area (Å²) < 4.78 is 20.0. The molecule has 11 heteroatoms. The number of halogens is 1. The average Bonchev–Trinajstić information content (AvgIpc) is 3.21. The minimum Gasteiger partial charge on any atom is -0.505 e. The molecule has 3 aliphatic rings. The van der Waals surface area contributed by atoms with Gasteiger partial charge in [-0.3, -0.25) is 14.5 Å². The van der Waals surface area contributed by atoms with E-state index in [9.17, 15) is 34.2 Å². The van der Waals surface area contributed by atoms with Gasteiger partial charge < -0.3 is 24.8 Å². The number of amides is 2. The lowest BCUT2D eigenvalue weighted by Gasteiger charge is -2.43. The fraction of sp³-hybridized carbons (Fsp3) is 0.419. The third-order valence-electron chi connectivity index (χ3n) is 8.81. The first-order chi connectivity index (χ1) is 20.1. The van der Waals surface area contributed by atoms with Gasteiger partial charge in [0.1, 0.15) is 0 Å². The first kappa shape index (κ1) is 30.2. The molecule has 0 aromatic heterocycles. The van der Waals surface area contributed by atoms with Crippen molar-refractivity contribution in [3.63, 3.8) is 0 Å². The van der Waals surface area contributed by atoms with Gasteiger partial charge in [0.2, 0.25) is 11.8 Å². The van der Waals surface area contributed by atoms with Crippen LogP contribution in [0, 0.1) is 23.6 Å². The van der Waals surface area contributed by atoms with E-state index >= 15 is 0 Å². The molecule has 0 radical (unpaired) electrons. The molecule has 0 bridgehead atoms. The summed E-state index contributed by atoms with van der Waals surface area (Å²) in [6.07, 6.45) is 5.61. The van der Waals surface area contributed by atoms with E-state index in [1.165, 1.54) is 29.2 Å². The van der Waals surface area contributed by atoms with E-state index in [0.717, 1.165) is 36.0 Å². The Balaban J connectivity index is 1.44. The van der Waals surface area contributed by atoms with Gasteiger partial charge in [0.15, 0.2) is 11.6 Å². The molecule has 0 spiro atoms. The van der Waals surface area contributed by atoms with E-state index < -0.39 is 43.7 Å². The monoisotopic (exact) mass is 575 g/mol. The Morgan fingerprint density at radius 1 is 1.14 bits per heavy atom. The van der Waals surface area contributed by atoms with E-state index in [-0.39, 0.29) is 29.5 Å². The number of hydrogen-bond acceptors (Lipinski definition) is 7. The molecule has 1 aliphatic carbocycles. The number of benzene rings is 2. The first-order valence-corrected chi connectivity index (χ1v) is 14.7. The molecule has 2 aromatic rings. The highest BCUT2D eigenvalue weighted by molar-refractivity contribution is 6.58. The molecule has 8 nitrogen and oxygen atoms in total. The summed E-state index contributed by atoms with van der Waals surface area (Å²) in [5.41, 5.74) is 4.30. The number of fused-ring (bicyclic) bond motifs is 3. The lowest BCUT2D eigenvalue weighted by Crippen LogP contribution is -2.46. The molecular formula is C31H36B2FNO7. The van der Waals surface area contributed by atoms with Crippen LogP contribution in [0.1, 0.15) is 57.9 Å². The minimum atomic E-state index is -1.73. The second kappa shape index (κ2) is 12.6. The van der Waals surface area contributed by atoms with Crippen molar-refractivity contribution < 1.29 is 38.8 Å². The van der Waals surface area contributed by atoms with Crippen LogP contribution < -0.4 is 10.4 Å². The number of hydrogen-bond donors (Lipinski definition) is 4. The summed E-state index contributed by atoms with van der Waals surface area (Å²) in [5, 5.41) is 39.6. The van der Waals surface area contributed by atoms with E-state index in [2.05, 4.69) is 6.92 Å². The molecule has 4 atom stereocenters. The number of imide groups is 1. The number of rotatable bonds is 9. The van der Waals surface area contributed by atoms with Crippen molar-refractivity contribution in [2.75, 3.05) is 4.90 Å². The zero-order valence-electron chi connectivity index (χ0n) is 23.9. The van der Waals surface area contributed by atoms with Crippen LogP contribution in [0.3, 0.4) is 0 Å². The number of anilines is 1. The number of carbonyl (C=O) groups is 2. The number of aromatic hydroxyl groups is 1. The van der Waals surface area contributed by atoms with Crippen LogP contribution in [0.25, 0.3) is 6.08 Å². The highest BCUT2D eigenvalue weighted by atomic mass is 19.1. The summed E-state index contributed by atoms with van der Waals surface area (Å²) in [7, 11) is -2.82. The fourth-order valence-electron chi connectivity index (χ4n) is 6.90. The Labute approximate surface area is 245 Å². The second-order valence-corrected chi connectivity index (χ2v) is 11.5. The van der Waals surface area contributed by atoms with Gasteiger partial charge in [0.05, 0.1) is 23.6 Å². The van der Waals surface area contributed by atoms with Gasteiger partial charge in [-0.05, 0) is 85.2 Å². The fourth-order valence-corrected chi connectivity index (χ4v) is 6.90. The molecule has 2 aliphatic heterocycles. The quantitative estimate of drug-likeness (QED) is 0.205. The lowest BCUT2D eigenvalue weighted by atomic mass is 9.58. The predicted molar refractivity (Wildman–Crippen MR) is 159 cm³/mol. The molecule has 2 saturated heterocycles. The van der Waals surface area contributed by atoms with Crippen molar-refractivity contribution in [3.8, 4) is 5.75 Å². The first-order valence-electron chi connectivity index (χ1n) is 14.7. The number of allylic oxidation sites excluding steroid dienone is 2. The molecule has 4 N–H and O–H groups in total. The SMILES string of the molecule is CCCC1=C2[C@@H](CC/C(=C/c3ccc(O)c(F)c3)CC)OB(O)C[C@@H]2[C@@H]2C(=O)N(c3cccc(B(O)O)c3)C(=O)[C@@H]2C1. The number of phenolic OH excluding ortho intramolecular Hbond substituents is 1. The molecule has 0 unspecified atom stereocenters. The molecule has 2 fully saturated rings. The van der Waals surface area contributed by atoms with Gasteiger partial charge in [0, 0.05) is 0 Å². The second-order valence-electron chi connectivity index (χ2n) is 11.5. The van der Waals surface area contributed by atoms with Crippen LogP contribution in [-0.4, -0.2) is 52.3 Å². The van der Waals surface area contributed by atoms with E-state index in [4.69, 9.17) is 4.65 Å². The molecule has 0 saturated carbocycles.